The Hall–Kier alpha value is -3.67. The maximum absolute atomic E-state index is 14.6. The molecule has 0 aliphatic rings. The topological polar surface area (TPSA) is 58.6 Å². The maximum Gasteiger partial charge on any atom is 0.261 e. The van der Waals surface area contributed by atoms with Crippen molar-refractivity contribution < 1.29 is 18.7 Å². The Morgan fingerprint density at radius 1 is 0.946 bits per heavy atom. The molecule has 37 heavy (non-hydrogen) atoms. The van der Waals surface area contributed by atoms with Crippen molar-refractivity contribution in [1.82, 2.24) is 10.2 Å². The Labute approximate surface area is 219 Å². The van der Waals surface area contributed by atoms with Gasteiger partial charge >= 0.3 is 0 Å². The molecule has 196 valence electrons. The number of nitrogens with zero attached hydrogens (tertiary/aromatic N) is 1. The Morgan fingerprint density at radius 3 is 2.27 bits per heavy atom. The zero-order chi connectivity index (χ0) is 26.6. The predicted molar refractivity (Wildman–Crippen MR) is 145 cm³/mol. The fraction of sp³-hybridized carbons (Fsp3) is 0.355. The number of benzene rings is 3. The minimum Gasteiger partial charge on any atom is -0.484 e. The van der Waals surface area contributed by atoms with Crippen LogP contribution in [0.2, 0.25) is 0 Å². The van der Waals surface area contributed by atoms with E-state index in [1.807, 2.05) is 61.5 Å². The van der Waals surface area contributed by atoms with E-state index in [9.17, 15) is 14.0 Å². The summed E-state index contributed by atoms with van der Waals surface area (Å²) in [7, 11) is 0. The van der Waals surface area contributed by atoms with Crippen LogP contribution in [0.3, 0.4) is 0 Å². The van der Waals surface area contributed by atoms with Crippen LogP contribution in [0.1, 0.15) is 56.2 Å². The van der Waals surface area contributed by atoms with Gasteiger partial charge in [0.2, 0.25) is 5.91 Å². The van der Waals surface area contributed by atoms with E-state index in [2.05, 4.69) is 19.2 Å². The molecule has 0 bridgehead atoms. The van der Waals surface area contributed by atoms with Crippen LogP contribution in [0.4, 0.5) is 4.39 Å². The molecule has 1 atom stereocenters. The lowest BCUT2D eigenvalue weighted by Gasteiger charge is -2.31. The van der Waals surface area contributed by atoms with Crippen LogP contribution in [0.15, 0.2) is 78.9 Å². The molecule has 1 N–H and O–H groups in total. The first-order valence-corrected chi connectivity index (χ1v) is 13.0. The number of hydrogen-bond acceptors (Lipinski definition) is 3. The summed E-state index contributed by atoms with van der Waals surface area (Å²) in [6.45, 7) is 6.48. The first-order valence-electron chi connectivity index (χ1n) is 13.0. The molecule has 3 aromatic rings. The highest BCUT2D eigenvalue weighted by Crippen LogP contribution is 2.20. The van der Waals surface area contributed by atoms with Crippen LogP contribution in [-0.2, 0) is 22.6 Å². The monoisotopic (exact) mass is 504 g/mol. The van der Waals surface area contributed by atoms with Crippen molar-refractivity contribution in [2.75, 3.05) is 13.2 Å². The van der Waals surface area contributed by atoms with Gasteiger partial charge in [0.1, 0.15) is 17.6 Å². The Bertz CT molecular complexity index is 1130. The van der Waals surface area contributed by atoms with E-state index in [0.29, 0.717) is 30.2 Å². The molecule has 0 aromatic heterocycles. The first kappa shape index (κ1) is 27.9. The highest BCUT2D eigenvalue weighted by molar-refractivity contribution is 5.88. The number of nitrogens with one attached hydrogen (secondary N) is 1. The van der Waals surface area contributed by atoms with E-state index in [4.69, 9.17) is 4.74 Å². The lowest BCUT2D eigenvalue weighted by atomic mass is 10.0. The molecular formula is C31H37FN2O3. The molecule has 0 unspecified atom stereocenters. The number of carbonyl (C=O) groups excluding carboxylic acids is 2. The van der Waals surface area contributed by atoms with Gasteiger partial charge in [0.15, 0.2) is 6.61 Å². The smallest absolute Gasteiger partial charge is 0.261 e. The van der Waals surface area contributed by atoms with E-state index in [-0.39, 0.29) is 25.0 Å². The number of unbranched alkanes of at least 4 members (excludes halogenated alkanes) is 1. The summed E-state index contributed by atoms with van der Waals surface area (Å²) in [5.41, 5.74) is 2.43. The predicted octanol–water partition coefficient (Wildman–Crippen LogP) is 5.88. The van der Waals surface area contributed by atoms with Crippen LogP contribution in [0, 0.1) is 5.82 Å². The van der Waals surface area contributed by atoms with Gasteiger partial charge in [-0.15, -0.1) is 0 Å². The van der Waals surface area contributed by atoms with Gasteiger partial charge in [-0.3, -0.25) is 9.59 Å². The second-order valence-electron chi connectivity index (χ2n) is 9.48. The third-order valence-electron chi connectivity index (χ3n) is 6.31. The van der Waals surface area contributed by atoms with Crippen molar-refractivity contribution in [3.63, 3.8) is 0 Å². The summed E-state index contributed by atoms with van der Waals surface area (Å²) in [6, 6.07) is 22.7. The highest BCUT2D eigenvalue weighted by Gasteiger charge is 2.31. The third kappa shape index (κ3) is 8.45. The molecule has 0 fully saturated rings. The molecule has 0 saturated carbocycles. The second-order valence-corrected chi connectivity index (χ2v) is 9.48. The van der Waals surface area contributed by atoms with Crippen LogP contribution < -0.4 is 10.1 Å². The minimum absolute atomic E-state index is 0.0418. The number of carbonyl (C=O) groups is 2. The zero-order valence-electron chi connectivity index (χ0n) is 22.0. The Balaban J connectivity index is 1.87. The van der Waals surface area contributed by atoms with Crippen molar-refractivity contribution in [3.8, 4) is 5.75 Å². The van der Waals surface area contributed by atoms with Crippen molar-refractivity contribution >= 4 is 11.8 Å². The zero-order valence-corrected chi connectivity index (χ0v) is 22.0. The lowest BCUT2D eigenvalue weighted by Crippen LogP contribution is -2.52. The molecule has 3 rings (SSSR count). The van der Waals surface area contributed by atoms with E-state index >= 15 is 0 Å². The summed E-state index contributed by atoms with van der Waals surface area (Å²) in [6.07, 6.45) is 2.08. The molecule has 6 heteroatoms. The van der Waals surface area contributed by atoms with Crippen molar-refractivity contribution in [3.05, 3.63) is 101 Å². The summed E-state index contributed by atoms with van der Waals surface area (Å²) in [5, 5.41) is 2.96. The molecule has 0 radical (unpaired) electrons. The number of rotatable bonds is 13. The molecule has 0 saturated heterocycles. The van der Waals surface area contributed by atoms with E-state index < -0.39 is 11.9 Å². The summed E-state index contributed by atoms with van der Waals surface area (Å²) in [5.74, 6) is -0.117. The van der Waals surface area contributed by atoms with Gasteiger partial charge in [-0.1, -0.05) is 87.9 Å². The molecule has 0 aliphatic carbocycles. The fourth-order valence-electron chi connectivity index (χ4n) is 4.05. The van der Waals surface area contributed by atoms with Gasteiger partial charge < -0.3 is 15.0 Å². The van der Waals surface area contributed by atoms with Gasteiger partial charge in [0.05, 0.1) is 0 Å². The van der Waals surface area contributed by atoms with Crippen molar-refractivity contribution in [2.24, 2.45) is 0 Å². The summed E-state index contributed by atoms with van der Waals surface area (Å²) >= 11 is 0. The largest absolute Gasteiger partial charge is 0.484 e. The Morgan fingerprint density at radius 2 is 1.62 bits per heavy atom. The molecule has 0 aliphatic heterocycles. The van der Waals surface area contributed by atoms with Crippen LogP contribution in [0.25, 0.3) is 0 Å². The quantitative estimate of drug-likeness (QED) is 0.296. The van der Waals surface area contributed by atoms with Crippen LogP contribution in [0.5, 0.6) is 5.75 Å². The number of ether oxygens (including phenoxy) is 1. The number of amides is 2. The summed E-state index contributed by atoms with van der Waals surface area (Å²) < 4.78 is 20.5. The van der Waals surface area contributed by atoms with E-state index in [1.165, 1.54) is 16.5 Å². The molecule has 0 spiro atoms. The molecule has 3 aromatic carbocycles. The van der Waals surface area contributed by atoms with Gasteiger partial charge in [-0.05, 0) is 41.7 Å². The first-order chi connectivity index (χ1) is 17.9. The fourth-order valence-corrected chi connectivity index (χ4v) is 4.05. The standard InChI is InChI=1S/C31H37FN2O3/c1-4-5-19-33-31(36)29(20-24-11-7-6-8-12-24)34(21-26-13-9-10-14-28(26)32)30(35)22-37-27-17-15-25(16-18-27)23(2)3/h6-18,23,29H,4-5,19-22H2,1-3H3,(H,33,36)/t29-/m0/s1. The van der Waals surface area contributed by atoms with Gasteiger partial charge in [-0.25, -0.2) is 4.39 Å². The molecular weight excluding hydrogens is 467 g/mol. The van der Waals surface area contributed by atoms with Crippen molar-refractivity contribution in [1.29, 1.82) is 0 Å². The normalized spacial score (nSPS) is 11.7. The average Bonchev–Trinajstić information content (AvgIpc) is 2.91. The highest BCUT2D eigenvalue weighted by atomic mass is 19.1. The molecule has 5 nitrogen and oxygen atoms in total. The molecule has 2 amide bonds. The second kappa shape index (κ2) is 14.2. The van der Waals surface area contributed by atoms with Crippen LogP contribution in [-0.4, -0.2) is 35.9 Å². The van der Waals surface area contributed by atoms with E-state index in [0.717, 1.165) is 18.4 Å². The van der Waals surface area contributed by atoms with Crippen molar-refractivity contribution in [2.45, 2.75) is 58.5 Å². The van der Waals surface area contributed by atoms with Gasteiger partial charge in [-0.2, -0.15) is 0 Å². The van der Waals surface area contributed by atoms with Gasteiger partial charge in [0.25, 0.3) is 5.91 Å². The maximum atomic E-state index is 14.6. The number of halogens is 1. The average molecular weight is 505 g/mol. The van der Waals surface area contributed by atoms with Gasteiger partial charge in [0, 0.05) is 25.1 Å². The third-order valence-corrected chi connectivity index (χ3v) is 6.31. The Kier molecular flexibility index (Phi) is 10.7. The minimum atomic E-state index is -0.821. The van der Waals surface area contributed by atoms with Crippen LogP contribution >= 0.6 is 0 Å². The van der Waals surface area contributed by atoms with E-state index in [1.54, 1.807) is 18.2 Å². The molecule has 0 heterocycles. The SMILES string of the molecule is CCCCNC(=O)[C@H](Cc1ccccc1)N(Cc1ccccc1F)C(=O)COc1ccc(C(C)C)cc1. The number of hydrogen-bond donors (Lipinski definition) is 1. The lowest BCUT2D eigenvalue weighted by molar-refractivity contribution is -0.142. The summed E-state index contributed by atoms with van der Waals surface area (Å²) in [4.78, 5) is 28.4.